The van der Waals surface area contributed by atoms with Gasteiger partial charge in [-0.25, -0.2) is 0 Å². The molecule has 0 spiro atoms. The van der Waals surface area contributed by atoms with Crippen LogP contribution in [0.3, 0.4) is 0 Å². The van der Waals surface area contributed by atoms with Crippen molar-refractivity contribution in [1.82, 2.24) is 5.32 Å². The Labute approximate surface area is 94.3 Å². The molecule has 3 nitrogen and oxygen atoms in total. The van der Waals surface area contributed by atoms with Gasteiger partial charge in [-0.05, 0) is 19.4 Å². The number of hydrogen-bond acceptors (Lipinski definition) is 3. The van der Waals surface area contributed by atoms with Crippen LogP contribution in [0.1, 0.15) is 19.8 Å². The summed E-state index contributed by atoms with van der Waals surface area (Å²) in [4.78, 5) is 0. The molecule has 0 bridgehead atoms. The highest BCUT2D eigenvalue weighted by Crippen LogP contribution is 2.13. The van der Waals surface area contributed by atoms with Crippen LogP contribution in [0.5, 0.6) is 0 Å². The number of hydrogen-bond donors (Lipinski definition) is 1. The minimum atomic E-state index is -4.23. The molecule has 16 heavy (non-hydrogen) atoms. The molecule has 0 aromatic carbocycles. The molecule has 0 fully saturated rings. The highest BCUT2D eigenvalue weighted by molar-refractivity contribution is 4.49. The molecule has 0 aliphatic heterocycles. The molecular weight excluding hydrogens is 223 g/mol. The van der Waals surface area contributed by atoms with Gasteiger partial charge in [-0.3, -0.25) is 0 Å². The van der Waals surface area contributed by atoms with Crippen molar-refractivity contribution in [3.05, 3.63) is 0 Å². The molecule has 0 atom stereocenters. The van der Waals surface area contributed by atoms with Crippen LogP contribution in [0.4, 0.5) is 13.2 Å². The molecule has 0 aromatic heterocycles. The van der Waals surface area contributed by atoms with Crippen LogP contribution < -0.4 is 5.32 Å². The molecule has 0 radical (unpaired) electrons. The zero-order chi connectivity index (χ0) is 12.3. The van der Waals surface area contributed by atoms with Crippen LogP contribution in [0.25, 0.3) is 0 Å². The maximum Gasteiger partial charge on any atom is 0.411 e. The molecule has 0 aromatic rings. The van der Waals surface area contributed by atoms with E-state index in [0.717, 1.165) is 26.0 Å². The van der Waals surface area contributed by atoms with Crippen LogP contribution in [0.15, 0.2) is 0 Å². The van der Waals surface area contributed by atoms with Crippen molar-refractivity contribution >= 4 is 0 Å². The maximum absolute atomic E-state index is 11.6. The fourth-order valence-corrected chi connectivity index (χ4v) is 1.00. The van der Waals surface area contributed by atoms with Gasteiger partial charge in [-0.15, -0.1) is 0 Å². The van der Waals surface area contributed by atoms with E-state index < -0.39 is 12.8 Å². The zero-order valence-corrected chi connectivity index (χ0v) is 9.61. The van der Waals surface area contributed by atoms with Gasteiger partial charge < -0.3 is 14.8 Å². The third-order valence-electron chi connectivity index (χ3n) is 1.68. The summed E-state index contributed by atoms with van der Waals surface area (Å²) in [7, 11) is 0. The molecular formula is C10H20F3NO2. The first-order valence-corrected chi connectivity index (χ1v) is 5.49. The summed E-state index contributed by atoms with van der Waals surface area (Å²) in [6, 6.07) is 0. The van der Waals surface area contributed by atoms with Crippen molar-refractivity contribution in [3.63, 3.8) is 0 Å². The first-order valence-electron chi connectivity index (χ1n) is 5.49. The minimum Gasteiger partial charge on any atom is -0.381 e. The average molecular weight is 243 g/mol. The maximum atomic E-state index is 11.6. The van der Waals surface area contributed by atoms with E-state index >= 15 is 0 Å². The van der Waals surface area contributed by atoms with Gasteiger partial charge in [0.05, 0.1) is 6.61 Å². The largest absolute Gasteiger partial charge is 0.411 e. The summed E-state index contributed by atoms with van der Waals surface area (Å²) >= 11 is 0. The Balaban J connectivity index is 2.99. The highest BCUT2D eigenvalue weighted by Gasteiger charge is 2.27. The molecule has 6 heteroatoms. The van der Waals surface area contributed by atoms with Gasteiger partial charge in [0.15, 0.2) is 0 Å². The predicted molar refractivity (Wildman–Crippen MR) is 55.5 cm³/mol. The van der Waals surface area contributed by atoms with Crippen LogP contribution in [-0.2, 0) is 9.47 Å². The van der Waals surface area contributed by atoms with Gasteiger partial charge in [0.1, 0.15) is 6.61 Å². The van der Waals surface area contributed by atoms with Gasteiger partial charge in [-0.1, -0.05) is 6.92 Å². The summed E-state index contributed by atoms with van der Waals surface area (Å²) in [5.41, 5.74) is 0. The van der Waals surface area contributed by atoms with E-state index in [1.165, 1.54) is 0 Å². The summed E-state index contributed by atoms with van der Waals surface area (Å²) < 4.78 is 44.6. The van der Waals surface area contributed by atoms with Gasteiger partial charge in [0.2, 0.25) is 0 Å². The molecule has 0 heterocycles. The molecule has 0 amide bonds. The van der Waals surface area contributed by atoms with Gasteiger partial charge in [-0.2, -0.15) is 13.2 Å². The van der Waals surface area contributed by atoms with E-state index in [2.05, 4.69) is 10.1 Å². The van der Waals surface area contributed by atoms with E-state index in [1.807, 2.05) is 6.92 Å². The quantitative estimate of drug-likeness (QED) is 0.595. The normalized spacial score (nSPS) is 12.0. The Morgan fingerprint density at radius 3 is 2.38 bits per heavy atom. The standard InChI is InChI=1S/C10H20F3NO2/c1-2-6-15-7-3-4-14-5-8-16-9-10(11,12)13/h14H,2-9H2,1H3. The fraction of sp³-hybridized carbons (Fsp3) is 1.00. The SMILES string of the molecule is CCCOCCCNCCOCC(F)(F)F. The second-order valence-electron chi connectivity index (χ2n) is 3.38. The highest BCUT2D eigenvalue weighted by atomic mass is 19.4. The third kappa shape index (κ3) is 13.7. The van der Waals surface area contributed by atoms with Gasteiger partial charge in [0, 0.05) is 19.8 Å². The van der Waals surface area contributed by atoms with Crippen LogP contribution in [-0.4, -0.2) is 45.7 Å². The lowest BCUT2D eigenvalue weighted by atomic mass is 10.4. The topological polar surface area (TPSA) is 30.5 Å². The number of nitrogens with one attached hydrogen (secondary N) is 1. The number of ether oxygens (including phenoxy) is 2. The number of halogens is 3. The van der Waals surface area contributed by atoms with Crippen molar-refractivity contribution in [2.45, 2.75) is 25.9 Å². The van der Waals surface area contributed by atoms with Crippen molar-refractivity contribution < 1.29 is 22.6 Å². The molecule has 98 valence electrons. The van der Waals surface area contributed by atoms with E-state index in [4.69, 9.17) is 4.74 Å². The lowest BCUT2D eigenvalue weighted by Crippen LogP contribution is -2.25. The van der Waals surface area contributed by atoms with E-state index in [9.17, 15) is 13.2 Å². The summed E-state index contributed by atoms with van der Waals surface area (Å²) in [6.07, 6.45) is -2.37. The first kappa shape index (κ1) is 15.7. The molecule has 0 aliphatic rings. The van der Waals surface area contributed by atoms with Crippen molar-refractivity contribution in [2.75, 3.05) is 39.5 Å². The molecule has 0 rings (SSSR count). The Morgan fingerprint density at radius 2 is 1.75 bits per heavy atom. The second-order valence-corrected chi connectivity index (χ2v) is 3.38. The average Bonchev–Trinajstić information content (AvgIpc) is 2.19. The lowest BCUT2D eigenvalue weighted by Gasteiger charge is -2.08. The Kier molecular flexibility index (Phi) is 9.66. The third-order valence-corrected chi connectivity index (χ3v) is 1.68. The zero-order valence-electron chi connectivity index (χ0n) is 9.61. The number of rotatable bonds is 10. The molecule has 0 saturated carbocycles. The van der Waals surface area contributed by atoms with Crippen LogP contribution in [0.2, 0.25) is 0 Å². The van der Waals surface area contributed by atoms with Crippen molar-refractivity contribution in [1.29, 1.82) is 0 Å². The molecule has 0 aliphatic carbocycles. The van der Waals surface area contributed by atoms with Gasteiger partial charge in [0.25, 0.3) is 0 Å². The van der Waals surface area contributed by atoms with Crippen molar-refractivity contribution in [3.8, 4) is 0 Å². The lowest BCUT2D eigenvalue weighted by molar-refractivity contribution is -0.173. The minimum absolute atomic E-state index is 0.0787. The summed E-state index contributed by atoms with van der Waals surface area (Å²) in [5.74, 6) is 0. The predicted octanol–water partition coefficient (Wildman–Crippen LogP) is 1.97. The monoisotopic (exact) mass is 243 g/mol. The molecule has 1 N–H and O–H groups in total. The van der Waals surface area contributed by atoms with Crippen LogP contribution >= 0.6 is 0 Å². The molecule has 0 saturated heterocycles. The van der Waals surface area contributed by atoms with Gasteiger partial charge >= 0.3 is 6.18 Å². The van der Waals surface area contributed by atoms with E-state index in [0.29, 0.717) is 13.2 Å². The summed E-state index contributed by atoms with van der Waals surface area (Å²) in [6.45, 7) is 3.56. The Morgan fingerprint density at radius 1 is 1.00 bits per heavy atom. The summed E-state index contributed by atoms with van der Waals surface area (Å²) in [5, 5.41) is 2.98. The second kappa shape index (κ2) is 9.86. The van der Waals surface area contributed by atoms with Crippen LogP contribution in [0, 0.1) is 0 Å². The Bertz CT molecular complexity index is 153. The van der Waals surface area contributed by atoms with E-state index in [-0.39, 0.29) is 6.61 Å². The molecule has 0 unspecified atom stereocenters. The fourth-order valence-electron chi connectivity index (χ4n) is 1.00. The van der Waals surface area contributed by atoms with E-state index in [1.54, 1.807) is 0 Å². The number of alkyl halides is 3. The first-order chi connectivity index (χ1) is 7.56. The van der Waals surface area contributed by atoms with Crippen molar-refractivity contribution in [2.24, 2.45) is 0 Å². The Hall–Kier alpha value is -0.330. The smallest absolute Gasteiger partial charge is 0.381 e.